The van der Waals surface area contributed by atoms with Gasteiger partial charge in [-0.1, -0.05) is 6.92 Å². The molecule has 1 saturated carbocycles. The molecule has 2 atom stereocenters. The van der Waals surface area contributed by atoms with Crippen LogP contribution in [0.5, 0.6) is 0 Å². The molecular formula is C15H31NO3. The Bertz CT molecular complexity index is 202. The van der Waals surface area contributed by atoms with E-state index >= 15 is 0 Å². The second-order valence-electron chi connectivity index (χ2n) is 5.27. The van der Waals surface area contributed by atoms with Gasteiger partial charge in [0.2, 0.25) is 0 Å². The van der Waals surface area contributed by atoms with E-state index in [4.69, 9.17) is 14.2 Å². The van der Waals surface area contributed by atoms with Crippen molar-refractivity contribution in [3.8, 4) is 0 Å². The van der Waals surface area contributed by atoms with Gasteiger partial charge < -0.3 is 19.5 Å². The Morgan fingerprint density at radius 1 is 1.11 bits per heavy atom. The highest BCUT2D eigenvalue weighted by molar-refractivity contribution is 4.78. The molecule has 0 aromatic carbocycles. The maximum Gasteiger partial charge on any atom is 0.0704 e. The lowest BCUT2D eigenvalue weighted by molar-refractivity contribution is -0.0175. The molecule has 2 unspecified atom stereocenters. The van der Waals surface area contributed by atoms with Crippen LogP contribution in [0.2, 0.25) is 0 Å². The first kappa shape index (κ1) is 16.9. The number of methoxy groups -OCH3 is 1. The molecule has 0 bridgehead atoms. The van der Waals surface area contributed by atoms with E-state index < -0.39 is 0 Å². The van der Waals surface area contributed by atoms with E-state index in [0.29, 0.717) is 18.8 Å². The van der Waals surface area contributed by atoms with Gasteiger partial charge in [0.1, 0.15) is 0 Å². The largest absolute Gasteiger partial charge is 0.385 e. The van der Waals surface area contributed by atoms with Crippen molar-refractivity contribution in [1.82, 2.24) is 5.32 Å². The zero-order valence-corrected chi connectivity index (χ0v) is 12.7. The van der Waals surface area contributed by atoms with Gasteiger partial charge in [-0.25, -0.2) is 0 Å². The van der Waals surface area contributed by atoms with Crippen molar-refractivity contribution in [1.29, 1.82) is 0 Å². The van der Waals surface area contributed by atoms with Crippen molar-refractivity contribution in [2.75, 3.05) is 40.1 Å². The average Bonchev–Trinajstić information content (AvgIpc) is 2.44. The summed E-state index contributed by atoms with van der Waals surface area (Å²) in [6, 6.07) is 0.654. The van der Waals surface area contributed by atoms with Crippen molar-refractivity contribution in [2.24, 2.45) is 0 Å². The smallest absolute Gasteiger partial charge is 0.0704 e. The molecule has 114 valence electrons. The summed E-state index contributed by atoms with van der Waals surface area (Å²) in [5, 5.41) is 3.60. The zero-order valence-electron chi connectivity index (χ0n) is 12.7. The molecular weight excluding hydrogens is 242 g/mol. The van der Waals surface area contributed by atoms with E-state index in [1.807, 2.05) is 0 Å². The van der Waals surface area contributed by atoms with Crippen molar-refractivity contribution < 1.29 is 14.2 Å². The topological polar surface area (TPSA) is 39.7 Å². The lowest BCUT2D eigenvalue weighted by atomic mass is 9.93. The van der Waals surface area contributed by atoms with E-state index in [-0.39, 0.29) is 0 Å². The maximum atomic E-state index is 5.90. The molecule has 4 heteroatoms. The minimum Gasteiger partial charge on any atom is -0.385 e. The lowest BCUT2D eigenvalue weighted by Gasteiger charge is -2.29. The van der Waals surface area contributed by atoms with Crippen LogP contribution in [0.1, 0.15) is 45.4 Å². The molecule has 19 heavy (non-hydrogen) atoms. The summed E-state index contributed by atoms with van der Waals surface area (Å²) in [4.78, 5) is 0. The molecule has 0 heterocycles. The SMILES string of the molecule is CCCNC1CCCC(OCCOCCCOC)C1. The number of nitrogens with one attached hydrogen (secondary N) is 1. The molecule has 0 radical (unpaired) electrons. The molecule has 0 aromatic rings. The highest BCUT2D eigenvalue weighted by Gasteiger charge is 2.21. The number of hydrogen-bond donors (Lipinski definition) is 1. The maximum absolute atomic E-state index is 5.90. The van der Waals surface area contributed by atoms with Gasteiger partial charge in [0.05, 0.1) is 19.3 Å². The zero-order chi connectivity index (χ0) is 13.8. The summed E-state index contributed by atoms with van der Waals surface area (Å²) in [6.45, 7) is 6.30. The summed E-state index contributed by atoms with van der Waals surface area (Å²) in [5.74, 6) is 0. The third kappa shape index (κ3) is 8.58. The van der Waals surface area contributed by atoms with Gasteiger partial charge in [-0.3, -0.25) is 0 Å². The van der Waals surface area contributed by atoms with Crippen LogP contribution in [0, 0.1) is 0 Å². The van der Waals surface area contributed by atoms with Crippen molar-refractivity contribution >= 4 is 0 Å². The van der Waals surface area contributed by atoms with Gasteiger partial charge >= 0.3 is 0 Å². The molecule has 0 aliphatic heterocycles. The lowest BCUT2D eigenvalue weighted by Crippen LogP contribution is -2.37. The van der Waals surface area contributed by atoms with Crippen LogP contribution < -0.4 is 5.32 Å². The molecule has 0 spiro atoms. The minimum atomic E-state index is 0.422. The fourth-order valence-corrected chi connectivity index (χ4v) is 2.51. The Morgan fingerprint density at radius 3 is 2.79 bits per heavy atom. The standard InChI is InChI=1S/C15H31NO3/c1-3-8-16-14-6-4-7-15(13-14)19-12-11-18-10-5-9-17-2/h14-16H,3-13H2,1-2H3. The third-order valence-electron chi connectivity index (χ3n) is 3.53. The van der Waals surface area contributed by atoms with E-state index in [2.05, 4.69) is 12.2 Å². The predicted octanol–water partition coefficient (Wildman–Crippen LogP) is 2.37. The van der Waals surface area contributed by atoms with Crippen LogP contribution in [0.15, 0.2) is 0 Å². The quantitative estimate of drug-likeness (QED) is 0.587. The molecule has 0 saturated heterocycles. The Balaban J connectivity index is 1.96. The Labute approximate surface area is 118 Å². The highest BCUT2D eigenvalue weighted by atomic mass is 16.5. The third-order valence-corrected chi connectivity index (χ3v) is 3.53. The Morgan fingerprint density at radius 2 is 2.00 bits per heavy atom. The van der Waals surface area contributed by atoms with E-state index in [1.165, 1.54) is 25.7 Å². The number of ether oxygens (including phenoxy) is 3. The monoisotopic (exact) mass is 273 g/mol. The molecule has 1 aliphatic rings. The van der Waals surface area contributed by atoms with Gasteiger partial charge in [-0.15, -0.1) is 0 Å². The van der Waals surface area contributed by atoms with Gasteiger partial charge in [0.25, 0.3) is 0 Å². The number of hydrogen-bond acceptors (Lipinski definition) is 4. The second kappa shape index (κ2) is 11.6. The van der Waals surface area contributed by atoms with Crippen molar-refractivity contribution in [3.05, 3.63) is 0 Å². The van der Waals surface area contributed by atoms with E-state index in [0.717, 1.165) is 39.2 Å². The van der Waals surface area contributed by atoms with Gasteiger partial charge in [-0.05, 0) is 45.1 Å². The van der Waals surface area contributed by atoms with Gasteiger partial charge in [0.15, 0.2) is 0 Å². The number of rotatable bonds is 11. The highest BCUT2D eigenvalue weighted by Crippen LogP contribution is 2.21. The molecule has 0 amide bonds. The first-order valence-corrected chi connectivity index (χ1v) is 7.78. The summed E-state index contributed by atoms with van der Waals surface area (Å²) >= 11 is 0. The molecule has 1 aliphatic carbocycles. The van der Waals surface area contributed by atoms with Crippen LogP contribution in [0.4, 0.5) is 0 Å². The fourth-order valence-electron chi connectivity index (χ4n) is 2.51. The normalized spacial score (nSPS) is 23.7. The van der Waals surface area contributed by atoms with Crippen LogP contribution >= 0.6 is 0 Å². The fraction of sp³-hybridized carbons (Fsp3) is 1.00. The second-order valence-corrected chi connectivity index (χ2v) is 5.27. The Kier molecular flexibility index (Phi) is 10.4. The summed E-state index contributed by atoms with van der Waals surface area (Å²) in [7, 11) is 1.72. The average molecular weight is 273 g/mol. The summed E-state index contributed by atoms with van der Waals surface area (Å²) in [5.41, 5.74) is 0. The van der Waals surface area contributed by atoms with Crippen LogP contribution in [-0.2, 0) is 14.2 Å². The van der Waals surface area contributed by atoms with Crippen molar-refractivity contribution in [2.45, 2.75) is 57.6 Å². The van der Waals surface area contributed by atoms with E-state index in [1.54, 1.807) is 7.11 Å². The van der Waals surface area contributed by atoms with Crippen LogP contribution in [0.25, 0.3) is 0 Å². The molecule has 1 rings (SSSR count). The molecule has 1 fully saturated rings. The van der Waals surface area contributed by atoms with Crippen molar-refractivity contribution in [3.63, 3.8) is 0 Å². The summed E-state index contributed by atoms with van der Waals surface area (Å²) < 4.78 is 16.4. The van der Waals surface area contributed by atoms with E-state index in [9.17, 15) is 0 Å². The van der Waals surface area contributed by atoms with Crippen LogP contribution in [-0.4, -0.2) is 52.2 Å². The van der Waals surface area contributed by atoms with Gasteiger partial charge in [0, 0.05) is 26.4 Å². The minimum absolute atomic E-state index is 0.422. The molecule has 0 aromatic heterocycles. The first-order chi connectivity index (χ1) is 9.36. The first-order valence-electron chi connectivity index (χ1n) is 7.78. The molecule has 4 nitrogen and oxygen atoms in total. The summed E-state index contributed by atoms with van der Waals surface area (Å²) in [6.07, 6.45) is 7.53. The molecule has 1 N–H and O–H groups in total. The Hall–Kier alpha value is -0.160. The van der Waals surface area contributed by atoms with Gasteiger partial charge in [-0.2, -0.15) is 0 Å². The van der Waals surface area contributed by atoms with Crippen LogP contribution in [0.3, 0.4) is 0 Å². The predicted molar refractivity (Wildman–Crippen MR) is 77.6 cm³/mol.